The van der Waals surface area contributed by atoms with Crippen LogP contribution in [0.1, 0.15) is 35.9 Å². The van der Waals surface area contributed by atoms with Crippen molar-refractivity contribution in [3.05, 3.63) is 47.9 Å². The summed E-state index contributed by atoms with van der Waals surface area (Å²) in [4.78, 5) is 26.8. The minimum absolute atomic E-state index is 0.0676. The van der Waals surface area contributed by atoms with Gasteiger partial charge in [0.15, 0.2) is 5.65 Å². The van der Waals surface area contributed by atoms with Crippen LogP contribution >= 0.6 is 0 Å². The van der Waals surface area contributed by atoms with Crippen LogP contribution < -0.4 is 0 Å². The number of methoxy groups -OCH3 is 1. The zero-order valence-corrected chi connectivity index (χ0v) is 15.7. The monoisotopic (exact) mass is 364 g/mol. The molecule has 140 valence electrons. The first-order chi connectivity index (χ1) is 13.2. The zero-order valence-electron chi connectivity index (χ0n) is 15.7. The molecule has 0 radical (unpaired) electrons. The fraction of sp³-hybridized carbons (Fsp3) is 0.381. The Bertz CT molecular complexity index is 948. The topological polar surface area (TPSA) is 71.1 Å². The number of imidazole rings is 1. The number of fused-ring (bicyclic) bond motifs is 1. The molecule has 1 aliphatic rings. The first-order valence-electron chi connectivity index (χ1n) is 9.45. The molecule has 1 N–H and O–H groups in total. The van der Waals surface area contributed by atoms with Crippen LogP contribution in [0, 0.1) is 0 Å². The average Bonchev–Trinajstić information content (AvgIpc) is 3.16. The van der Waals surface area contributed by atoms with Crippen molar-refractivity contribution >= 4 is 17.1 Å². The number of ether oxygens (including phenoxy) is 1. The summed E-state index contributed by atoms with van der Waals surface area (Å²) < 4.78 is 5.42. The molecule has 4 rings (SSSR count). The molecule has 1 aliphatic heterocycles. The Morgan fingerprint density at radius 2 is 2.11 bits per heavy atom. The summed E-state index contributed by atoms with van der Waals surface area (Å²) in [7, 11) is 1.71. The number of pyridine rings is 1. The lowest BCUT2D eigenvalue weighted by Gasteiger charge is -2.32. The maximum Gasteiger partial charge on any atom is 0.253 e. The Kier molecular flexibility index (Phi) is 4.90. The van der Waals surface area contributed by atoms with E-state index in [1.54, 1.807) is 7.11 Å². The fourth-order valence-corrected chi connectivity index (χ4v) is 3.58. The fourth-order valence-electron chi connectivity index (χ4n) is 3.58. The van der Waals surface area contributed by atoms with E-state index in [1.165, 1.54) is 0 Å². The molecule has 3 aromatic rings. The number of amides is 1. The summed E-state index contributed by atoms with van der Waals surface area (Å²) in [6.45, 7) is 3.52. The molecule has 1 saturated heterocycles. The van der Waals surface area contributed by atoms with Gasteiger partial charge in [0, 0.05) is 43.9 Å². The number of likely N-dealkylation sites (tertiary alicyclic amines) is 1. The number of H-pyrrole nitrogens is 1. The summed E-state index contributed by atoms with van der Waals surface area (Å²) >= 11 is 0. The van der Waals surface area contributed by atoms with Crippen LogP contribution in [0.15, 0.2) is 36.5 Å². The molecule has 27 heavy (non-hydrogen) atoms. The van der Waals surface area contributed by atoms with Crippen LogP contribution in [0.2, 0.25) is 0 Å². The third kappa shape index (κ3) is 3.57. The highest BCUT2D eigenvalue weighted by Crippen LogP contribution is 2.23. The predicted molar refractivity (Wildman–Crippen MR) is 105 cm³/mol. The van der Waals surface area contributed by atoms with Gasteiger partial charge in [-0.15, -0.1) is 0 Å². The number of aryl methyl sites for hydroxylation is 1. The van der Waals surface area contributed by atoms with Crippen molar-refractivity contribution < 1.29 is 9.53 Å². The van der Waals surface area contributed by atoms with Crippen LogP contribution in [0.3, 0.4) is 0 Å². The molecule has 0 spiro atoms. The molecule has 6 nitrogen and oxygen atoms in total. The van der Waals surface area contributed by atoms with Gasteiger partial charge in [-0.1, -0.05) is 19.1 Å². The molecule has 1 aromatic carbocycles. The van der Waals surface area contributed by atoms with Gasteiger partial charge in [0.1, 0.15) is 5.82 Å². The second-order valence-corrected chi connectivity index (χ2v) is 6.96. The van der Waals surface area contributed by atoms with Crippen LogP contribution in [0.5, 0.6) is 0 Å². The van der Waals surface area contributed by atoms with Gasteiger partial charge < -0.3 is 14.6 Å². The third-order valence-electron chi connectivity index (χ3n) is 5.19. The number of aromatic nitrogens is 3. The number of nitrogens with zero attached hydrogens (tertiary/aromatic N) is 3. The summed E-state index contributed by atoms with van der Waals surface area (Å²) in [5, 5.41) is 0. The molecule has 1 unspecified atom stereocenters. The second kappa shape index (κ2) is 7.48. The van der Waals surface area contributed by atoms with Gasteiger partial charge in [0.2, 0.25) is 0 Å². The van der Waals surface area contributed by atoms with E-state index in [2.05, 4.69) is 27.9 Å². The maximum atomic E-state index is 12.8. The molecule has 2 aromatic heterocycles. The Morgan fingerprint density at radius 1 is 1.30 bits per heavy atom. The predicted octanol–water partition coefficient (Wildman–Crippen LogP) is 3.44. The minimum Gasteiger partial charge on any atom is -0.380 e. The summed E-state index contributed by atoms with van der Waals surface area (Å²) in [5.41, 5.74) is 4.41. The third-order valence-corrected chi connectivity index (χ3v) is 5.19. The number of carbonyl (C=O) groups excluding carboxylic acids is 1. The SMILES string of the molecule is CCc1nc2ncc(-c3ccc(C(=O)N4CCCC(OC)C4)cc3)cc2[nH]1. The Balaban J connectivity index is 1.54. The van der Waals surface area contributed by atoms with Crippen LogP contribution in [0.25, 0.3) is 22.3 Å². The maximum absolute atomic E-state index is 12.8. The second-order valence-electron chi connectivity index (χ2n) is 6.96. The van der Waals surface area contributed by atoms with Gasteiger partial charge in [-0.05, 0) is 36.6 Å². The van der Waals surface area contributed by atoms with Crippen molar-refractivity contribution in [1.29, 1.82) is 0 Å². The molecule has 0 saturated carbocycles. The highest BCUT2D eigenvalue weighted by atomic mass is 16.5. The Morgan fingerprint density at radius 3 is 2.85 bits per heavy atom. The van der Waals surface area contributed by atoms with Crippen LogP contribution in [-0.4, -0.2) is 52.1 Å². The van der Waals surface area contributed by atoms with Crippen molar-refractivity contribution in [2.45, 2.75) is 32.3 Å². The number of benzene rings is 1. The van der Waals surface area contributed by atoms with Crippen molar-refractivity contribution in [2.75, 3.05) is 20.2 Å². The number of nitrogens with one attached hydrogen (secondary N) is 1. The van der Waals surface area contributed by atoms with Gasteiger partial charge in [-0.2, -0.15) is 0 Å². The van der Waals surface area contributed by atoms with E-state index < -0.39 is 0 Å². The van der Waals surface area contributed by atoms with Gasteiger partial charge in [-0.25, -0.2) is 9.97 Å². The largest absolute Gasteiger partial charge is 0.380 e. The Labute approximate surface area is 158 Å². The van der Waals surface area contributed by atoms with Crippen molar-refractivity contribution in [1.82, 2.24) is 19.9 Å². The van der Waals surface area contributed by atoms with Gasteiger partial charge in [0.25, 0.3) is 5.91 Å². The van der Waals surface area contributed by atoms with E-state index in [-0.39, 0.29) is 12.0 Å². The number of aromatic amines is 1. The molecule has 0 bridgehead atoms. The number of hydrogen-bond donors (Lipinski definition) is 1. The average molecular weight is 364 g/mol. The first-order valence-corrected chi connectivity index (χ1v) is 9.45. The first kappa shape index (κ1) is 17.7. The highest BCUT2D eigenvalue weighted by Gasteiger charge is 2.24. The number of piperidine rings is 1. The molecular weight excluding hydrogens is 340 g/mol. The number of hydrogen-bond acceptors (Lipinski definition) is 4. The normalized spacial score (nSPS) is 17.4. The van der Waals surface area contributed by atoms with Crippen LogP contribution in [-0.2, 0) is 11.2 Å². The van der Waals surface area contributed by atoms with E-state index in [0.29, 0.717) is 12.1 Å². The lowest BCUT2D eigenvalue weighted by molar-refractivity contribution is 0.0269. The lowest BCUT2D eigenvalue weighted by Crippen LogP contribution is -2.42. The van der Waals surface area contributed by atoms with E-state index in [9.17, 15) is 4.79 Å². The Hall–Kier alpha value is -2.73. The minimum atomic E-state index is 0.0676. The van der Waals surface area contributed by atoms with E-state index >= 15 is 0 Å². The zero-order chi connectivity index (χ0) is 18.8. The molecule has 1 fully saturated rings. The number of rotatable bonds is 4. The molecule has 1 atom stereocenters. The van der Waals surface area contributed by atoms with E-state index in [1.807, 2.05) is 35.4 Å². The van der Waals surface area contributed by atoms with Gasteiger partial charge in [0.05, 0.1) is 11.6 Å². The molecule has 3 heterocycles. The molecule has 0 aliphatic carbocycles. The summed E-state index contributed by atoms with van der Waals surface area (Å²) in [6, 6.07) is 9.79. The standard InChI is InChI=1S/C21H24N4O2/c1-3-19-23-18-11-16(12-22-20(18)24-19)14-6-8-15(9-7-14)21(26)25-10-4-5-17(13-25)27-2/h6-9,11-12,17H,3-5,10,13H2,1-2H3,(H,22,23,24). The van der Waals surface area contributed by atoms with Crippen molar-refractivity contribution in [3.8, 4) is 11.1 Å². The molecule has 6 heteroatoms. The van der Waals surface area contributed by atoms with Crippen LogP contribution in [0.4, 0.5) is 0 Å². The number of carbonyl (C=O) groups is 1. The lowest BCUT2D eigenvalue weighted by atomic mass is 10.0. The van der Waals surface area contributed by atoms with E-state index in [0.717, 1.165) is 53.9 Å². The van der Waals surface area contributed by atoms with Gasteiger partial charge >= 0.3 is 0 Å². The highest BCUT2D eigenvalue weighted by molar-refractivity contribution is 5.95. The smallest absolute Gasteiger partial charge is 0.253 e. The molecule has 1 amide bonds. The summed E-state index contributed by atoms with van der Waals surface area (Å²) in [6.07, 6.45) is 4.82. The van der Waals surface area contributed by atoms with E-state index in [4.69, 9.17) is 4.74 Å². The summed E-state index contributed by atoms with van der Waals surface area (Å²) in [5.74, 6) is 1.00. The van der Waals surface area contributed by atoms with Crippen molar-refractivity contribution in [2.24, 2.45) is 0 Å². The van der Waals surface area contributed by atoms with Gasteiger partial charge in [-0.3, -0.25) is 4.79 Å². The quantitative estimate of drug-likeness (QED) is 0.770. The van der Waals surface area contributed by atoms with Crippen molar-refractivity contribution in [3.63, 3.8) is 0 Å². The molecular formula is C21H24N4O2.